The van der Waals surface area contributed by atoms with Gasteiger partial charge in [-0.05, 0) is 41.3 Å². The molecule has 3 nitrogen and oxygen atoms in total. The molecule has 0 aromatic heterocycles. The topological polar surface area (TPSA) is 49.3 Å². The number of carbonyl (C=O) groups is 1. The van der Waals surface area contributed by atoms with Gasteiger partial charge in [0.1, 0.15) is 11.6 Å². The van der Waals surface area contributed by atoms with E-state index in [-0.39, 0.29) is 24.3 Å². The number of amides is 1. The van der Waals surface area contributed by atoms with E-state index in [9.17, 15) is 18.7 Å². The molecule has 2 aromatic rings. The van der Waals surface area contributed by atoms with E-state index in [2.05, 4.69) is 5.32 Å². The third-order valence-electron chi connectivity index (χ3n) is 4.15. The Morgan fingerprint density at radius 3 is 2.83 bits per heavy atom. The van der Waals surface area contributed by atoms with Gasteiger partial charge in [-0.3, -0.25) is 4.79 Å². The van der Waals surface area contributed by atoms with Gasteiger partial charge in [0.25, 0.3) is 0 Å². The summed E-state index contributed by atoms with van der Waals surface area (Å²) in [5.74, 6) is -1.35. The first-order valence-electron chi connectivity index (χ1n) is 7.54. The normalized spacial score (nSPS) is 19.4. The number of aryl methyl sites for hydroxylation is 1. The van der Waals surface area contributed by atoms with E-state index in [4.69, 9.17) is 0 Å². The van der Waals surface area contributed by atoms with Crippen LogP contribution in [0.1, 0.15) is 29.2 Å². The van der Waals surface area contributed by atoms with E-state index in [0.717, 1.165) is 29.3 Å². The molecule has 2 atom stereocenters. The standard InChI is InChI=1S/C18H17F2NO2/c19-13-6-7-15(20)12(9-13)5-8-17(23)21-18-14-4-2-1-3-11(14)10-16(18)22/h1-4,6-7,9,16,18,22H,5,8,10H2,(H,21,23). The average Bonchev–Trinajstić information content (AvgIpc) is 2.84. The van der Waals surface area contributed by atoms with Crippen LogP contribution in [0.5, 0.6) is 0 Å². The lowest BCUT2D eigenvalue weighted by Gasteiger charge is -2.18. The Kier molecular flexibility index (Phi) is 4.39. The van der Waals surface area contributed by atoms with Crippen molar-refractivity contribution in [1.82, 2.24) is 5.32 Å². The van der Waals surface area contributed by atoms with Crippen LogP contribution in [0.3, 0.4) is 0 Å². The van der Waals surface area contributed by atoms with E-state index >= 15 is 0 Å². The first-order chi connectivity index (χ1) is 11.0. The van der Waals surface area contributed by atoms with Crippen LogP contribution in [0.2, 0.25) is 0 Å². The minimum Gasteiger partial charge on any atom is -0.390 e. The maximum absolute atomic E-state index is 13.5. The fourth-order valence-corrected chi connectivity index (χ4v) is 2.98. The molecule has 5 heteroatoms. The first-order valence-corrected chi connectivity index (χ1v) is 7.54. The molecule has 120 valence electrons. The second-order valence-electron chi connectivity index (χ2n) is 5.75. The highest BCUT2D eigenvalue weighted by atomic mass is 19.1. The molecule has 0 fully saturated rings. The Hall–Kier alpha value is -2.27. The molecule has 3 rings (SSSR count). The predicted octanol–water partition coefficient (Wildman–Crippen LogP) is 2.67. The molecule has 0 radical (unpaired) electrons. The zero-order chi connectivity index (χ0) is 16.4. The highest BCUT2D eigenvalue weighted by Crippen LogP contribution is 2.31. The van der Waals surface area contributed by atoms with Gasteiger partial charge in [-0.25, -0.2) is 8.78 Å². The Labute approximate surface area is 133 Å². The molecule has 2 aromatic carbocycles. The highest BCUT2D eigenvalue weighted by molar-refractivity contribution is 5.77. The van der Waals surface area contributed by atoms with E-state index in [1.54, 1.807) is 0 Å². The van der Waals surface area contributed by atoms with Gasteiger partial charge in [0, 0.05) is 12.8 Å². The summed E-state index contributed by atoms with van der Waals surface area (Å²) in [7, 11) is 0. The number of nitrogens with one attached hydrogen (secondary N) is 1. The summed E-state index contributed by atoms with van der Waals surface area (Å²) in [6.07, 6.45) is -0.0204. The fraction of sp³-hybridized carbons (Fsp3) is 0.278. The SMILES string of the molecule is O=C(CCc1cc(F)ccc1F)NC1c2ccccc2CC1O. The van der Waals surface area contributed by atoms with Crippen molar-refractivity contribution < 1.29 is 18.7 Å². The van der Waals surface area contributed by atoms with Gasteiger partial charge >= 0.3 is 0 Å². The van der Waals surface area contributed by atoms with Crippen molar-refractivity contribution >= 4 is 5.91 Å². The number of fused-ring (bicyclic) bond motifs is 1. The third kappa shape index (κ3) is 3.40. The van der Waals surface area contributed by atoms with Crippen molar-refractivity contribution in [2.75, 3.05) is 0 Å². The molecule has 0 aliphatic heterocycles. The van der Waals surface area contributed by atoms with E-state index in [1.807, 2.05) is 24.3 Å². The van der Waals surface area contributed by atoms with Crippen molar-refractivity contribution in [2.45, 2.75) is 31.4 Å². The zero-order valence-electron chi connectivity index (χ0n) is 12.4. The van der Waals surface area contributed by atoms with E-state index < -0.39 is 23.8 Å². The molecule has 0 bridgehead atoms. The zero-order valence-corrected chi connectivity index (χ0v) is 12.4. The molecule has 0 saturated carbocycles. The summed E-state index contributed by atoms with van der Waals surface area (Å²) < 4.78 is 26.7. The lowest BCUT2D eigenvalue weighted by Crippen LogP contribution is -2.34. The molecule has 2 N–H and O–H groups in total. The van der Waals surface area contributed by atoms with Crippen LogP contribution in [0.4, 0.5) is 8.78 Å². The molecule has 1 aliphatic rings. The molecule has 0 saturated heterocycles. The van der Waals surface area contributed by atoms with Crippen molar-refractivity contribution in [3.05, 3.63) is 70.8 Å². The Balaban J connectivity index is 1.63. The molecule has 2 unspecified atom stereocenters. The van der Waals surface area contributed by atoms with Crippen LogP contribution >= 0.6 is 0 Å². The maximum Gasteiger partial charge on any atom is 0.220 e. The second-order valence-corrected chi connectivity index (χ2v) is 5.75. The van der Waals surface area contributed by atoms with Crippen molar-refractivity contribution in [1.29, 1.82) is 0 Å². The van der Waals surface area contributed by atoms with Gasteiger partial charge in [-0.15, -0.1) is 0 Å². The second kappa shape index (κ2) is 6.46. The summed E-state index contributed by atoms with van der Waals surface area (Å²) in [6.45, 7) is 0. The van der Waals surface area contributed by atoms with Crippen LogP contribution in [0, 0.1) is 11.6 Å². The number of benzene rings is 2. The van der Waals surface area contributed by atoms with Crippen LogP contribution < -0.4 is 5.32 Å². The van der Waals surface area contributed by atoms with Gasteiger partial charge < -0.3 is 10.4 Å². The largest absolute Gasteiger partial charge is 0.390 e. The molecule has 1 aliphatic carbocycles. The average molecular weight is 317 g/mol. The molecule has 0 spiro atoms. The van der Waals surface area contributed by atoms with Gasteiger partial charge in [0.05, 0.1) is 12.1 Å². The molecular weight excluding hydrogens is 300 g/mol. The molecule has 23 heavy (non-hydrogen) atoms. The van der Waals surface area contributed by atoms with Crippen molar-refractivity contribution in [2.24, 2.45) is 0 Å². The monoisotopic (exact) mass is 317 g/mol. The smallest absolute Gasteiger partial charge is 0.220 e. The summed E-state index contributed by atoms with van der Waals surface area (Å²) in [5, 5.41) is 12.9. The molecular formula is C18H17F2NO2. The number of aliphatic hydroxyl groups excluding tert-OH is 1. The van der Waals surface area contributed by atoms with Crippen molar-refractivity contribution in [3.8, 4) is 0 Å². The third-order valence-corrected chi connectivity index (χ3v) is 4.15. The summed E-state index contributed by atoms with van der Waals surface area (Å²) in [4.78, 5) is 12.1. The fourth-order valence-electron chi connectivity index (χ4n) is 2.98. The number of hydrogen-bond acceptors (Lipinski definition) is 2. The van der Waals surface area contributed by atoms with Gasteiger partial charge in [-0.1, -0.05) is 24.3 Å². The minimum atomic E-state index is -0.665. The van der Waals surface area contributed by atoms with Gasteiger partial charge in [0.2, 0.25) is 5.91 Å². The predicted molar refractivity (Wildman–Crippen MR) is 81.7 cm³/mol. The van der Waals surface area contributed by atoms with Crippen LogP contribution in [-0.2, 0) is 17.6 Å². The van der Waals surface area contributed by atoms with Crippen LogP contribution in [0.15, 0.2) is 42.5 Å². The van der Waals surface area contributed by atoms with Gasteiger partial charge in [0.15, 0.2) is 0 Å². The summed E-state index contributed by atoms with van der Waals surface area (Å²) >= 11 is 0. The number of carbonyl (C=O) groups excluding carboxylic acids is 1. The number of hydrogen-bond donors (Lipinski definition) is 2. The van der Waals surface area contributed by atoms with E-state index in [1.165, 1.54) is 0 Å². The van der Waals surface area contributed by atoms with Crippen LogP contribution in [-0.4, -0.2) is 17.1 Å². The molecule has 1 amide bonds. The lowest BCUT2D eigenvalue weighted by atomic mass is 10.1. The van der Waals surface area contributed by atoms with Crippen molar-refractivity contribution in [3.63, 3.8) is 0 Å². The number of rotatable bonds is 4. The van der Waals surface area contributed by atoms with Crippen LogP contribution in [0.25, 0.3) is 0 Å². The maximum atomic E-state index is 13.5. The quantitative estimate of drug-likeness (QED) is 0.911. The minimum absolute atomic E-state index is 0.0335. The molecule has 0 heterocycles. The Morgan fingerprint density at radius 2 is 2.00 bits per heavy atom. The summed E-state index contributed by atoms with van der Waals surface area (Å²) in [5.41, 5.74) is 2.10. The van der Waals surface area contributed by atoms with Gasteiger partial charge in [-0.2, -0.15) is 0 Å². The highest BCUT2D eigenvalue weighted by Gasteiger charge is 2.31. The number of halogens is 2. The summed E-state index contributed by atoms with van der Waals surface area (Å²) in [6, 6.07) is 10.3. The van der Waals surface area contributed by atoms with E-state index in [0.29, 0.717) is 6.42 Å². The number of aliphatic hydroxyl groups is 1. The Morgan fingerprint density at radius 1 is 1.22 bits per heavy atom. The Bertz CT molecular complexity index is 733. The lowest BCUT2D eigenvalue weighted by molar-refractivity contribution is -0.122. The first kappa shape index (κ1) is 15.6.